The summed E-state index contributed by atoms with van der Waals surface area (Å²) in [6.45, 7) is 0.296. The molecule has 2 rings (SSSR count). The molecule has 0 aliphatic carbocycles. The minimum atomic E-state index is -0.472. The molecule has 0 spiro atoms. The van der Waals surface area contributed by atoms with Crippen molar-refractivity contribution in [1.82, 2.24) is 5.32 Å². The molecule has 2 aromatic carbocycles. The minimum absolute atomic E-state index is 0.144. The number of carbonyl (C=O) groups excluding carboxylic acids is 1. The Morgan fingerprint density at radius 1 is 1.15 bits per heavy atom. The second-order valence-electron chi connectivity index (χ2n) is 4.10. The van der Waals surface area contributed by atoms with Gasteiger partial charge in [0.2, 0.25) is 0 Å². The van der Waals surface area contributed by atoms with Crippen molar-refractivity contribution in [2.45, 2.75) is 6.54 Å². The first-order chi connectivity index (χ1) is 9.70. The topological polar surface area (TPSA) is 50.4 Å². The molecule has 0 radical (unpaired) electrons. The average Bonchev–Trinajstić information content (AvgIpc) is 2.48. The van der Waals surface area contributed by atoms with Crippen LogP contribution in [-0.2, 0) is 6.54 Å². The number of para-hydroxylation sites is 2. The molecule has 0 saturated heterocycles. The highest BCUT2D eigenvalue weighted by Crippen LogP contribution is 2.17. The zero-order valence-electron chi connectivity index (χ0n) is 11.0. The van der Waals surface area contributed by atoms with Crippen molar-refractivity contribution in [1.29, 1.82) is 0 Å². The second-order valence-corrected chi connectivity index (χ2v) is 4.10. The molecule has 20 heavy (non-hydrogen) atoms. The van der Waals surface area contributed by atoms with Crippen LogP contribution in [0.15, 0.2) is 48.5 Å². The first-order valence-electron chi connectivity index (χ1n) is 6.12. The van der Waals surface area contributed by atoms with E-state index in [9.17, 15) is 9.18 Å². The summed E-state index contributed by atoms with van der Waals surface area (Å²) in [5.74, 6) is 0.221. The fourth-order valence-electron chi connectivity index (χ4n) is 1.75. The fourth-order valence-corrected chi connectivity index (χ4v) is 1.75. The van der Waals surface area contributed by atoms with Crippen LogP contribution >= 0.6 is 0 Å². The van der Waals surface area contributed by atoms with Crippen molar-refractivity contribution < 1.29 is 13.9 Å². The van der Waals surface area contributed by atoms with Gasteiger partial charge in [-0.3, -0.25) is 0 Å². The summed E-state index contributed by atoms with van der Waals surface area (Å²) in [5.41, 5.74) is 0.990. The largest absolute Gasteiger partial charge is 0.496 e. The molecule has 0 aliphatic rings. The summed E-state index contributed by atoms with van der Waals surface area (Å²) in [4.78, 5) is 11.7. The van der Waals surface area contributed by atoms with Crippen LogP contribution in [0.25, 0.3) is 0 Å². The Morgan fingerprint density at radius 2 is 1.85 bits per heavy atom. The normalized spacial score (nSPS) is 9.90. The van der Waals surface area contributed by atoms with Gasteiger partial charge in [-0.15, -0.1) is 0 Å². The quantitative estimate of drug-likeness (QED) is 0.899. The molecular weight excluding hydrogens is 259 g/mol. The van der Waals surface area contributed by atoms with Crippen LogP contribution in [0.5, 0.6) is 5.75 Å². The number of hydrogen-bond acceptors (Lipinski definition) is 2. The predicted molar refractivity (Wildman–Crippen MR) is 75.3 cm³/mol. The average molecular weight is 274 g/mol. The molecule has 0 aromatic heterocycles. The lowest BCUT2D eigenvalue weighted by molar-refractivity contribution is 0.251. The number of benzene rings is 2. The van der Waals surface area contributed by atoms with Gasteiger partial charge in [-0.25, -0.2) is 9.18 Å². The molecule has 5 heteroatoms. The number of anilines is 1. The molecule has 2 aromatic rings. The van der Waals surface area contributed by atoms with E-state index in [2.05, 4.69) is 10.6 Å². The lowest BCUT2D eigenvalue weighted by atomic mass is 10.2. The summed E-state index contributed by atoms with van der Waals surface area (Å²) in [6.07, 6.45) is 0. The van der Waals surface area contributed by atoms with Gasteiger partial charge in [-0.1, -0.05) is 30.3 Å². The van der Waals surface area contributed by atoms with E-state index >= 15 is 0 Å². The third-order valence-corrected chi connectivity index (χ3v) is 2.75. The van der Waals surface area contributed by atoms with E-state index in [0.29, 0.717) is 12.3 Å². The van der Waals surface area contributed by atoms with Crippen LogP contribution in [0.3, 0.4) is 0 Å². The van der Waals surface area contributed by atoms with E-state index in [0.717, 1.165) is 5.56 Å². The smallest absolute Gasteiger partial charge is 0.319 e. The lowest BCUT2D eigenvalue weighted by Crippen LogP contribution is -2.28. The molecule has 2 amide bonds. The maximum Gasteiger partial charge on any atom is 0.319 e. The van der Waals surface area contributed by atoms with Crippen LogP contribution in [0.4, 0.5) is 14.9 Å². The number of rotatable bonds is 4. The molecule has 0 aliphatic heterocycles. The van der Waals surface area contributed by atoms with Crippen LogP contribution < -0.4 is 15.4 Å². The number of halogens is 1. The van der Waals surface area contributed by atoms with Gasteiger partial charge in [-0.05, 0) is 18.2 Å². The number of urea groups is 1. The molecule has 0 saturated carbocycles. The Bertz CT molecular complexity index is 602. The Balaban J connectivity index is 1.94. The molecule has 0 fully saturated rings. The van der Waals surface area contributed by atoms with Crippen molar-refractivity contribution in [2.75, 3.05) is 12.4 Å². The van der Waals surface area contributed by atoms with Crippen LogP contribution in [0, 0.1) is 5.82 Å². The molecule has 0 atom stereocenters. The first kappa shape index (κ1) is 13.9. The first-order valence-corrected chi connectivity index (χ1v) is 6.12. The number of methoxy groups -OCH3 is 1. The Labute approximate surface area is 116 Å². The Morgan fingerprint density at radius 3 is 2.60 bits per heavy atom. The monoisotopic (exact) mass is 274 g/mol. The highest BCUT2D eigenvalue weighted by atomic mass is 19.1. The maximum atomic E-state index is 13.4. The summed E-state index contributed by atoms with van der Waals surface area (Å²) < 4.78 is 18.6. The molecule has 4 nitrogen and oxygen atoms in total. The van der Waals surface area contributed by atoms with Gasteiger partial charge in [0.15, 0.2) is 0 Å². The second kappa shape index (κ2) is 6.56. The van der Waals surface area contributed by atoms with E-state index in [4.69, 9.17) is 4.74 Å². The third-order valence-electron chi connectivity index (χ3n) is 2.75. The molecular formula is C15H15FN2O2. The molecule has 0 unspecified atom stereocenters. The number of nitrogens with one attached hydrogen (secondary N) is 2. The Hall–Kier alpha value is -2.56. The van der Waals surface area contributed by atoms with E-state index in [1.54, 1.807) is 19.2 Å². The van der Waals surface area contributed by atoms with Crippen molar-refractivity contribution in [3.63, 3.8) is 0 Å². The van der Waals surface area contributed by atoms with Gasteiger partial charge in [0.1, 0.15) is 11.6 Å². The SMILES string of the molecule is COc1ccccc1CNC(=O)Nc1ccccc1F. The number of carbonyl (C=O) groups is 1. The predicted octanol–water partition coefficient (Wildman–Crippen LogP) is 3.16. The standard InChI is InChI=1S/C15H15FN2O2/c1-20-14-9-5-2-6-11(14)10-17-15(19)18-13-8-4-3-7-12(13)16/h2-9H,10H2,1H3,(H2,17,18,19). The summed E-state index contributed by atoms with van der Waals surface area (Å²) in [5, 5.41) is 5.10. The summed E-state index contributed by atoms with van der Waals surface area (Å²) in [6, 6.07) is 12.9. The van der Waals surface area contributed by atoms with E-state index < -0.39 is 11.8 Å². The molecule has 0 heterocycles. The fraction of sp³-hybridized carbons (Fsp3) is 0.133. The molecule has 104 valence electrons. The third kappa shape index (κ3) is 3.47. The van der Waals surface area contributed by atoms with Crippen molar-refractivity contribution >= 4 is 11.7 Å². The maximum absolute atomic E-state index is 13.4. The number of amides is 2. The van der Waals surface area contributed by atoms with E-state index in [-0.39, 0.29) is 5.69 Å². The van der Waals surface area contributed by atoms with Crippen LogP contribution in [-0.4, -0.2) is 13.1 Å². The van der Waals surface area contributed by atoms with Gasteiger partial charge in [0.05, 0.1) is 12.8 Å². The Kier molecular flexibility index (Phi) is 4.55. The zero-order valence-corrected chi connectivity index (χ0v) is 11.0. The van der Waals surface area contributed by atoms with Crippen LogP contribution in [0.2, 0.25) is 0 Å². The number of hydrogen-bond donors (Lipinski definition) is 2. The van der Waals surface area contributed by atoms with Gasteiger partial charge in [-0.2, -0.15) is 0 Å². The number of ether oxygens (including phenoxy) is 1. The van der Waals surface area contributed by atoms with Crippen molar-refractivity contribution in [2.24, 2.45) is 0 Å². The van der Waals surface area contributed by atoms with Gasteiger partial charge in [0, 0.05) is 12.1 Å². The van der Waals surface area contributed by atoms with Gasteiger partial charge in [0.25, 0.3) is 0 Å². The van der Waals surface area contributed by atoms with E-state index in [1.807, 2.05) is 24.3 Å². The zero-order chi connectivity index (χ0) is 14.4. The summed E-state index contributed by atoms with van der Waals surface area (Å²) >= 11 is 0. The molecule has 2 N–H and O–H groups in total. The minimum Gasteiger partial charge on any atom is -0.496 e. The van der Waals surface area contributed by atoms with Gasteiger partial charge < -0.3 is 15.4 Å². The van der Waals surface area contributed by atoms with Crippen LogP contribution in [0.1, 0.15) is 5.56 Å². The molecule has 0 bridgehead atoms. The van der Waals surface area contributed by atoms with E-state index in [1.165, 1.54) is 12.1 Å². The highest BCUT2D eigenvalue weighted by molar-refractivity contribution is 5.89. The van der Waals surface area contributed by atoms with Gasteiger partial charge >= 0.3 is 6.03 Å². The summed E-state index contributed by atoms with van der Waals surface area (Å²) in [7, 11) is 1.57. The highest BCUT2D eigenvalue weighted by Gasteiger charge is 2.07. The van der Waals surface area contributed by atoms with Crippen molar-refractivity contribution in [3.05, 3.63) is 59.9 Å². The lowest BCUT2D eigenvalue weighted by Gasteiger charge is -2.10. The van der Waals surface area contributed by atoms with Crippen molar-refractivity contribution in [3.8, 4) is 5.75 Å².